The minimum atomic E-state index is 0.508. The van der Waals surface area contributed by atoms with Gasteiger partial charge in [0.1, 0.15) is 24.6 Å². The lowest BCUT2D eigenvalue weighted by Crippen LogP contribution is -3.14. The fraction of sp³-hybridized carbons (Fsp3) is 0.500. The molecule has 0 saturated carbocycles. The Hall–Kier alpha value is -1.90. The van der Waals surface area contributed by atoms with E-state index in [1.165, 1.54) is 4.90 Å². The fourth-order valence-electron chi connectivity index (χ4n) is 2.37. The van der Waals surface area contributed by atoms with Gasteiger partial charge in [-0.05, 0) is 24.4 Å². The molecule has 1 heterocycles. The van der Waals surface area contributed by atoms with Crippen LogP contribution >= 0.6 is 12.2 Å². The summed E-state index contributed by atoms with van der Waals surface area (Å²) in [5.74, 6) is 1.43. The lowest BCUT2D eigenvalue weighted by atomic mass is 10.2. The first-order valence-electron chi connectivity index (χ1n) is 7.92. The average Bonchev–Trinajstić information content (AvgIpc) is 2.62. The second kappa shape index (κ2) is 10.1. The topological polar surface area (TPSA) is 68.5 Å². The molecule has 1 aliphatic rings. The summed E-state index contributed by atoms with van der Waals surface area (Å²) in [6.07, 6.45) is 1.67. The van der Waals surface area contributed by atoms with Crippen molar-refractivity contribution >= 4 is 23.5 Å². The van der Waals surface area contributed by atoms with Gasteiger partial charge in [-0.15, -0.1) is 0 Å². The van der Waals surface area contributed by atoms with Crippen LogP contribution in [-0.2, 0) is 4.74 Å². The molecule has 0 spiro atoms. The highest BCUT2D eigenvalue weighted by Crippen LogP contribution is 2.21. The van der Waals surface area contributed by atoms with Crippen LogP contribution in [0.5, 0.6) is 11.5 Å². The van der Waals surface area contributed by atoms with E-state index in [1.807, 2.05) is 18.2 Å². The molecule has 0 bridgehead atoms. The van der Waals surface area contributed by atoms with Gasteiger partial charge in [0, 0.05) is 11.6 Å². The maximum absolute atomic E-state index is 5.34. The van der Waals surface area contributed by atoms with E-state index in [1.54, 1.807) is 20.4 Å². The highest BCUT2D eigenvalue weighted by atomic mass is 32.1. The summed E-state index contributed by atoms with van der Waals surface area (Å²) >= 11 is 5.21. The van der Waals surface area contributed by atoms with Gasteiger partial charge >= 0.3 is 0 Å². The van der Waals surface area contributed by atoms with Crippen LogP contribution in [-0.4, -0.2) is 64.9 Å². The minimum Gasteiger partial charge on any atom is -0.497 e. The van der Waals surface area contributed by atoms with Crippen molar-refractivity contribution in [3.8, 4) is 11.5 Å². The van der Waals surface area contributed by atoms with Gasteiger partial charge in [-0.3, -0.25) is 5.43 Å². The standard InChI is InChI=1S/C16H24N4O3S/c1-21-14-9-13(10-15(11-14)22-2)12-18-19-16(24)17-3-4-20-5-7-23-8-6-20/h9-12H,3-8H2,1-2H3,(H2,17,19,24)/p+1/b18-12-. The second-order valence-corrected chi connectivity index (χ2v) is 5.79. The number of hydrogen-bond acceptors (Lipinski definition) is 5. The van der Waals surface area contributed by atoms with Crippen LogP contribution in [0.4, 0.5) is 0 Å². The summed E-state index contributed by atoms with van der Waals surface area (Å²) in [5.41, 5.74) is 3.68. The van der Waals surface area contributed by atoms with E-state index in [0.717, 1.165) is 45.0 Å². The van der Waals surface area contributed by atoms with Crippen molar-refractivity contribution in [3.63, 3.8) is 0 Å². The zero-order valence-corrected chi connectivity index (χ0v) is 14.9. The first-order valence-corrected chi connectivity index (χ1v) is 8.33. The molecule has 7 nitrogen and oxygen atoms in total. The molecule has 0 aliphatic carbocycles. The quantitative estimate of drug-likeness (QED) is 0.346. The molecule has 24 heavy (non-hydrogen) atoms. The van der Waals surface area contributed by atoms with Crippen LogP contribution in [0.3, 0.4) is 0 Å². The van der Waals surface area contributed by atoms with E-state index >= 15 is 0 Å². The highest BCUT2D eigenvalue weighted by molar-refractivity contribution is 7.80. The second-order valence-electron chi connectivity index (χ2n) is 5.38. The number of thiocarbonyl (C=S) groups is 1. The first-order chi connectivity index (χ1) is 11.7. The van der Waals surface area contributed by atoms with Gasteiger partial charge in [-0.25, -0.2) is 0 Å². The maximum Gasteiger partial charge on any atom is 0.187 e. The van der Waals surface area contributed by atoms with Gasteiger partial charge in [0.05, 0.1) is 46.7 Å². The lowest BCUT2D eigenvalue weighted by molar-refractivity contribution is -0.906. The van der Waals surface area contributed by atoms with Crippen LogP contribution in [0.2, 0.25) is 0 Å². The van der Waals surface area contributed by atoms with Gasteiger partial charge in [0.15, 0.2) is 5.11 Å². The predicted molar refractivity (Wildman–Crippen MR) is 97.3 cm³/mol. The van der Waals surface area contributed by atoms with E-state index in [-0.39, 0.29) is 0 Å². The molecule has 8 heteroatoms. The molecule has 1 fully saturated rings. The lowest BCUT2D eigenvalue weighted by Gasteiger charge is -2.23. The van der Waals surface area contributed by atoms with E-state index in [0.29, 0.717) is 16.6 Å². The molecule has 1 aliphatic heterocycles. The normalized spacial score (nSPS) is 15.2. The van der Waals surface area contributed by atoms with Crippen LogP contribution in [0.25, 0.3) is 0 Å². The van der Waals surface area contributed by atoms with Gasteiger partial charge < -0.3 is 24.4 Å². The maximum atomic E-state index is 5.34. The van der Waals surface area contributed by atoms with Crippen molar-refractivity contribution in [2.75, 3.05) is 53.6 Å². The summed E-state index contributed by atoms with van der Waals surface area (Å²) < 4.78 is 15.8. The van der Waals surface area contributed by atoms with Gasteiger partial charge in [-0.2, -0.15) is 5.10 Å². The number of nitrogens with zero attached hydrogens (tertiary/aromatic N) is 1. The van der Waals surface area contributed by atoms with Gasteiger partial charge in [0.2, 0.25) is 0 Å². The van der Waals surface area contributed by atoms with Crippen molar-refractivity contribution in [3.05, 3.63) is 23.8 Å². The number of hydrazone groups is 1. The summed E-state index contributed by atoms with van der Waals surface area (Å²) in [5, 5.41) is 7.81. The minimum absolute atomic E-state index is 0.508. The van der Waals surface area contributed by atoms with Gasteiger partial charge in [0.25, 0.3) is 0 Å². The third-order valence-corrected chi connectivity index (χ3v) is 3.95. The molecule has 132 valence electrons. The Balaban J connectivity index is 1.73. The van der Waals surface area contributed by atoms with E-state index < -0.39 is 0 Å². The molecule has 2 rings (SSSR count). The molecule has 0 aromatic heterocycles. The summed E-state index contributed by atoms with van der Waals surface area (Å²) in [6, 6.07) is 5.54. The molecule has 0 amide bonds. The van der Waals surface area contributed by atoms with E-state index in [4.69, 9.17) is 26.4 Å². The highest BCUT2D eigenvalue weighted by Gasteiger charge is 2.12. The summed E-state index contributed by atoms with van der Waals surface area (Å²) in [6.45, 7) is 5.61. The Kier molecular flexibility index (Phi) is 7.73. The Morgan fingerprint density at radius 3 is 2.54 bits per heavy atom. The third-order valence-electron chi connectivity index (χ3n) is 3.72. The molecule has 3 N–H and O–H groups in total. The Bertz CT molecular complexity index is 540. The molecule has 1 saturated heterocycles. The molecule has 0 radical (unpaired) electrons. The zero-order valence-electron chi connectivity index (χ0n) is 14.1. The first kappa shape index (κ1) is 18.4. The zero-order chi connectivity index (χ0) is 17.2. The van der Waals surface area contributed by atoms with E-state index in [9.17, 15) is 0 Å². The smallest absolute Gasteiger partial charge is 0.187 e. The number of methoxy groups -OCH3 is 2. The number of rotatable bonds is 7. The summed E-state index contributed by atoms with van der Waals surface area (Å²) in [4.78, 5) is 1.53. The van der Waals surface area contributed by atoms with Crippen LogP contribution in [0.1, 0.15) is 5.56 Å². The van der Waals surface area contributed by atoms with Gasteiger partial charge in [-0.1, -0.05) is 0 Å². The van der Waals surface area contributed by atoms with Crippen molar-refractivity contribution in [1.29, 1.82) is 0 Å². The van der Waals surface area contributed by atoms with Crippen molar-refractivity contribution in [1.82, 2.24) is 10.7 Å². The molecular weight excluding hydrogens is 328 g/mol. The summed E-state index contributed by atoms with van der Waals surface area (Å²) in [7, 11) is 3.23. The monoisotopic (exact) mass is 353 g/mol. The number of morpholine rings is 1. The molecule has 0 unspecified atom stereocenters. The van der Waals surface area contributed by atoms with Crippen molar-refractivity contribution in [2.24, 2.45) is 5.10 Å². The molecule has 0 atom stereocenters. The number of nitrogens with one attached hydrogen (secondary N) is 3. The average molecular weight is 353 g/mol. The molecule has 1 aromatic rings. The SMILES string of the molecule is COc1cc(/C=N\NC(=S)NCC[NH+]2CCOCC2)cc(OC)c1. The van der Waals surface area contributed by atoms with Crippen LogP contribution < -0.4 is 25.1 Å². The largest absolute Gasteiger partial charge is 0.497 e. The Morgan fingerprint density at radius 1 is 1.25 bits per heavy atom. The molecule has 1 aromatic carbocycles. The fourth-order valence-corrected chi connectivity index (χ4v) is 2.53. The number of quaternary nitrogens is 1. The predicted octanol–water partition coefficient (Wildman–Crippen LogP) is -0.583. The van der Waals surface area contributed by atoms with Crippen LogP contribution in [0, 0.1) is 0 Å². The number of hydrogen-bond donors (Lipinski definition) is 3. The Morgan fingerprint density at radius 2 is 1.92 bits per heavy atom. The van der Waals surface area contributed by atoms with Crippen LogP contribution in [0.15, 0.2) is 23.3 Å². The Labute approximate surface area is 147 Å². The van der Waals surface area contributed by atoms with E-state index in [2.05, 4.69) is 15.8 Å². The number of benzene rings is 1. The van der Waals surface area contributed by atoms with Crippen molar-refractivity contribution in [2.45, 2.75) is 0 Å². The number of ether oxygens (including phenoxy) is 3. The van der Waals surface area contributed by atoms with Crippen molar-refractivity contribution < 1.29 is 19.1 Å². The third kappa shape index (κ3) is 6.31. The molecular formula is C16H25N4O3S+.